The van der Waals surface area contributed by atoms with Crippen molar-refractivity contribution in [2.75, 3.05) is 50.8 Å². The molecule has 0 aliphatic rings. The van der Waals surface area contributed by atoms with Gasteiger partial charge in [-0.1, -0.05) is 27.7 Å². The highest BCUT2D eigenvalue weighted by molar-refractivity contribution is 7.91. The maximum absolute atomic E-state index is 12.2. The van der Waals surface area contributed by atoms with Gasteiger partial charge in [0.05, 0.1) is 11.5 Å². The molecule has 128 valence electrons. The zero-order chi connectivity index (χ0) is 16.1. The molecular weight excluding hydrogens is 284 g/mol. The topological polar surface area (TPSA) is 40.6 Å². The van der Waals surface area contributed by atoms with Gasteiger partial charge in [-0.15, -0.1) is 0 Å². The van der Waals surface area contributed by atoms with Crippen LogP contribution in [-0.4, -0.2) is 69.0 Å². The average Bonchev–Trinajstić information content (AvgIpc) is 2.43. The van der Waals surface area contributed by atoms with E-state index in [2.05, 4.69) is 37.5 Å². The molecule has 0 aliphatic heterocycles. The summed E-state index contributed by atoms with van der Waals surface area (Å²) < 4.78 is 24.4. The van der Waals surface area contributed by atoms with Crippen molar-refractivity contribution in [1.82, 2.24) is 9.80 Å². The number of hydrogen-bond donors (Lipinski definition) is 0. The Morgan fingerprint density at radius 1 is 0.571 bits per heavy atom. The first kappa shape index (κ1) is 20.9. The van der Waals surface area contributed by atoms with Crippen molar-refractivity contribution in [3.63, 3.8) is 0 Å². The van der Waals surface area contributed by atoms with Crippen LogP contribution in [-0.2, 0) is 9.84 Å². The van der Waals surface area contributed by atoms with E-state index in [9.17, 15) is 8.42 Å². The number of hydrogen-bond acceptors (Lipinski definition) is 4. The molecule has 0 rings (SSSR count). The zero-order valence-electron chi connectivity index (χ0n) is 14.6. The van der Waals surface area contributed by atoms with E-state index in [0.29, 0.717) is 24.6 Å². The molecule has 0 aliphatic carbocycles. The summed E-state index contributed by atoms with van der Waals surface area (Å²) in [6, 6.07) is 0. The molecule has 0 saturated carbocycles. The van der Waals surface area contributed by atoms with Crippen LogP contribution in [0.2, 0.25) is 0 Å². The van der Waals surface area contributed by atoms with E-state index >= 15 is 0 Å². The molecule has 0 atom stereocenters. The van der Waals surface area contributed by atoms with Gasteiger partial charge in [-0.3, -0.25) is 0 Å². The van der Waals surface area contributed by atoms with Crippen LogP contribution in [0.1, 0.15) is 53.4 Å². The van der Waals surface area contributed by atoms with E-state index in [1.54, 1.807) is 0 Å². The molecule has 0 fully saturated rings. The van der Waals surface area contributed by atoms with Gasteiger partial charge < -0.3 is 9.80 Å². The summed E-state index contributed by atoms with van der Waals surface area (Å²) in [4.78, 5) is 4.54. The number of rotatable bonds is 14. The fourth-order valence-electron chi connectivity index (χ4n) is 2.57. The fourth-order valence-corrected chi connectivity index (χ4v) is 3.85. The molecule has 0 N–H and O–H groups in total. The van der Waals surface area contributed by atoms with Crippen LogP contribution in [0.5, 0.6) is 0 Å². The monoisotopic (exact) mass is 320 g/mol. The molecule has 0 spiro atoms. The molecule has 4 nitrogen and oxygen atoms in total. The minimum absolute atomic E-state index is 0.305. The molecule has 5 heteroatoms. The highest BCUT2D eigenvalue weighted by atomic mass is 32.2. The Labute approximate surface area is 132 Å². The second kappa shape index (κ2) is 12.4. The second-order valence-electron chi connectivity index (χ2n) is 5.84. The van der Waals surface area contributed by atoms with Crippen molar-refractivity contribution in [1.29, 1.82) is 0 Å². The van der Waals surface area contributed by atoms with Crippen molar-refractivity contribution in [3.05, 3.63) is 0 Å². The molecular formula is C16H36N2O2S. The van der Waals surface area contributed by atoms with Gasteiger partial charge in [0.15, 0.2) is 9.84 Å². The molecule has 0 bridgehead atoms. The van der Waals surface area contributed by atoms with E-state index < -0.39 is 9.84 Å². The lowest BCUT2D eigenvalue weighted by Gasteiger charge is -2.22. The van der Waals surface area contributed by atoms with Gasteiger partial charge in [0, 0.05) is 13.1 Å². The number of nitrogens with zero attached hydrogens (tertiary/aromatic N) is 2. The lowest BCUT2D eigenvalue weighted by atomic mass is 10.3. The van der Waals surface area contributed by atoms with Gasteiger partial charge in [0.1, 0.15) is 0 Å². The minimum atomic E-state index is -2.93. The summed E-state index contributed by atoms with van der Waals surface area (Å²) in [7, 11) is -2.93. The van der Waals surface area contributed by atoms with E-state index in [1.165, 1.54) is 0 Å². The molecule has 0 saturated heterocycles. The van der Waals surface area contributed by atoms with Gasteiger partial charge >= 0.3 is 0 Å². The van der Waals surface area contributed by atoms with Crippen molar-refractivity contribution in [2.45, 2.75) is 53.4 Å². The molecule has 0 aromatic carbocycles. The number of sulfone groups is 1. The lowest BCUT2D eigenvalue weighted by molar-refractivity contribution is 0.285. The predicted octanol–water partition coefficient (Wildman–Crippen LogP) is 2.65. The predicted molar refractivity (Wildman–Crippen MR) is 92.7 cm³/mol. The van der Waals surface area contributed by atoms with E-state index in [1.807, 2.05) is 0 Å². The third kappa shape index (κ3) is 11.1. The summed E-state index contributed by atoms with van der Waals surface area (Å²) in [5.41, 5.74) is 0. The average molecular weight is 321 g/mol. The van der Waals surface area contributed by atoms with E-state index in [-0.39, 0.29) is 0 Å². The van der Waals surface area contributed by atoms with Crippen LogP contribution in [0.25, 0.3) is 0 Å². The molecule has 0 aromatic heterocycles. The van der Waals surface area contributed by atoms with Crippen LogP contribution in [0.3, 0.4) is 0 Å². The van der Waals surface area contributed by atoms with Gasteiger partial charge in [-0.05, 0) is 51.9 Å². The lowest BCUT2D eigenvalue weighted by Crippen LogP contribution is -2.35. The zero-order valence-corrected chi connectivity index (χ0v) is 15.4. The van der Waals surface area contributed by atoms with Crippen molar-refractivity contribution in [2.24, 2.45) is 0 Å². The molecule has 0 heterocycles. The molecule has 0 unspecified atom stereocenters. The maximum Gasteiger partial charge on any atom is 0.152 e. The molecule has 21 heavy (non-hydrogen) atoms. The van der Waals surface area contributed by atoms with E-state index in [4.69, 9.17) is 0 Å². The summed E-state index contributed by atoms with van der Waals surface area (Å²) in [5.74, 6) is 0.609. The van der Waals surface area contributed by atoms with Gasteiger partial charge in [0.25, 0.3) is 0 Å². The van der Waals surface area contributed by atoms with Crippen LogP contribution in [0, 0.1) is 0 Å². The van der Waals surface area contributed by atoms with E-state index in [0.717, 1.165) is 51.9 Å². The largest absolute Gasteiger partial charge is 0.302 e. The molecule has 0 radical (unpaired) electrons. The quantitative estimate of drug-likeness (QED) is 0.493. The standard InChI is InChI=1S/C16H36N2O2S/c1-5-9-17(10-6-2)13-15-21(19,20)16-14-18(11-7-3)12-8-4/h5-16H2,1-4H3. The van der Waals surface area contributed by atoms with Crippen molar-refractivity contribution in [3.8, 4) is 0 Å². The Morgan fingerprint density at radius 2 is 0.857 bits per heavy atom. The normalized spacial score (nSPS) is 12.5. The first-order chi connectivity index (χ1) is 9.99. The Morgan fingerprint density at radius 3 is 1.10 bits per heavy atom. The first-order valence-corrected chi connectivity index (χ1v) is 10.5. The summed E-state index contributed by atoms with van der Waals surface area (Å²) in [5, 5.41) is 0. The van der Waals surface area contributed by atoms with Crippen LogP contribution in [0.15, 0.2) is 0 Å². The first-order valence-electron chi connectivity index (χ1n) is 8.64. The molecule has 0 amide bonds. The summed E-state index contributed by atoms with van der Waals surface area (Å²) >= 11 is 0. The minimum Gasteiger partial charge on any atom is -0.302 e. The maximum atomic E-state index is 12.2. The fraction of sp³-hybridized carbons (Fsp3) is 1.00. The highest BCUT2D eigenvalue weighted by Crippen LogP contribution is 2.01. The van der Waals surface area contributed by atoms with Gasteiger partial charge in [-0.25, -0.2) is 8.42 Å². The highest BCUT2D eigenvalue weighted by Gasteiger charge is 2.15. The summed E-state index contributed by atoms with van der Waals surface area (Å²) in [6.45, 7) is 14.0. The van der Waals surface area contributed by atoms with Gasteiger partial charge in [-0.2, -0.15) is 0 Å². The van der Waals surface area contributed by atoms with Gasteiger partial charge in [0.2, 0.25) is 0 Å². The third-order valence-corrected chi connectivity index (χ3v) is 5.21. The molecule has 0 aromatic rings. The Balaban J connectivity index is 4.22. The van der Waals surface area contributed by atoms with Crippen molar-refractivity contribution < 1.29 is 8.42 Å². The Bertz CT molecular complexity index is 293. The smallest absolute Gasteiger partial charge is 0.152 e. The third-order valence-electron chi connectivity index (χ3n) is 3.60. The van der Waals surface area contributed by atoms with Crippen LogP contribution < -0.4 is 0 Å². The van der Waals surface area contributed by atoms with Crippen molar-refractivity contribution >= 4 is 9.84 Å². The SMILES string of the molecule is CCCN(CCC)CCS(=O)(=O)CCN(CCC)CCC. The van der Waals surface area contributed by atoms with Crippen LogP contribution in [0.4, 0.5) is 0 Å². The second-order valence-corrected chi connectivity index (χ2v) is 8.14. The van der Waals surface area contributed by atoms with Crippen LogP contribution >= 0.6 is 0 Å². The Kier molecular flexibility index (Phi) is 12.3. The summed E-state index contributed by atoms with van der Waals surface area (Å²) in [6.07, 6.45) is 4.34. The Hall–Kier alpha value is -0.130.